The van der Waals surface area contributed by atoms with Crippen molar-refractivity contribution in [2.24, 2.45) is 0 Å². The van der Waals surface area contributed by atoms with Crippen LogP contribution in [0, 0.1) is 13.8 Å². The number of fused-ring (bicyclic) bond motifs is 1. The number of aryl methyl sites for hydroxylation is 2. The molecule has 0 aliphatic carbocycles. The van der Waals surface area contributed by atoms with E-state index in [4.69, 9.17) is 0 Å². The van der Waals surface area contributed by atoms with Crippen molar-refractivity contribution in [3.63, 3.8) is 0 Å². The largest absolute Gasteiger partial charge is 0.354 e. The van der Waals surface area contributed by atoms with Crippen LogP contribution < -0.4 is 5.32 Å². The molecule has 5 heteroatoms. The highest BCUT2D eigenvalue weighted by Crippen LogP contribution is 2.29. The monoisotopic (exact) mass is 336 g/mol. The average molecular weight is 336 g/mol. The summed E-state index contributed by atoms with van der Waals surface area (Å²) in [6.45, 7) is 7.04. The molecule has 1 N–H and O–H groups in total. The van der Waals surface area contributed by atoms with E-state index in [1.807, 2.05) is 13.0 Å². The standard InChI is InChI=1S/C20H24N4O/c1-4-5-11-21-18(25)13-24-20-19(15(3)23-24)17(10-12-22-20)16-8-6-14(2)7-9-16/h6-10,12H,4-5,11,13H2,1-3H3,(H,21,25). The molecular weight excluding hydrogens is 312 g/mol. The first-order chi connectivity index (χ1) is 12.1. The molecule has 3 rings (SSSR count). The Kier molecular flexibility index (Phi) is 5.12. The van der Waals surface area contributed by atoms with Crippen LogP contribution >= 0.6 is 0 Å². The van der Waals surface area contributed by atoms with Crippen LogP contribution in [-0.4, -0.2) is 27.2 Å². The Morgan fingerprint density at radius 3 is 2.64 bits per heavy atom. The van der Waals surface area contributed by atoms with Crippen LogP contribution in [0.25, 0.3) is 22.2 Å². The topological polar surface area (TPSA) is 59.8 Å². The summed E-state index contributed by atoms with van der Waals surface area (Å²) in [6, 6.07) is 10.4. The van der Waals surface area contributed by atoms with Crippen LogP contribution in [0.3, 0.4) is 0 Å². The van der Waals surface area contributed by atoms with Gasteiger partial charge in [-0.15, -0.1) is 0 Å². The van der Waals surface area contributed by atoms with Crippen molar-refractivity contribution >= 4 is 16.9 Å². The number of benzene rings is 1. The predicted octanol–water partition coefficient (Wildman–Crippen LogP) is 3.63. The van der Waals surface area contributed by atoms with Gasteiger partial charge in [0.05, 0.1) is 5.69 Å². The van der Waals surface area contributed by atoms with Crippen molar-refractivity contribution in [1.29, 1.82) is 0 Å². The molecule has 5 nitrogen and oxygen atoms in total. The van der Waals surface area contributed by atoms with E-state index in [0.717, 1.165) is 40.7 Å². The molecule has 25 heavy (non-hydrogen) atoms. The predicted molar refractivity (Wildman–Crippen MR) is 100 cm³/mol. The van der Waals surface area contributed by atoms with Gasteiger partial charge in [-0.05, 0) is 37.5 Å². The van der Waals surface area contributed by atoms with Crippen LogP contribution in [-0.2, 0) is 11.3 Å². The third kappa shape index (κ3) is 3.71. The minimum absolute atomic E-state index is 0.0274. The first-order valence-electron chi connectivity index (χ1n) is 8.76. The third-order valence-electron chi connectivity index (χ3n) is 4.32. The van der Waals surface area contributed by atoms with Crippen LogP contribution in [0.15, 0.2) is 36.5 Å². The van der Waals surface area contributed by atoms with E-state index in [1.165, 1.54) is 5.56 Å². The van der Waals surface area contributed by atoms with Gasteiger partial charge in [-0.2, -0.15) is 5.10 Å². The number of carbonyl (C=O) groups is 1. The maximum absolute atomic E-state index is 12.1. The highest BCUT2D eigenvalue weighted by atomic mass is 16.2. The van der Waals surface area contributed by atoms with Gasteiger partial charge >= 0.3 is 0 Å². The Morgan fingerprint density at radius 2 is 1.92 bits per heavy atom. The summed E-state index contributed by atoms with van der Waals surface area (Å²) in [7, 11) is 0. The Bertz CT molecular complexity index is 881. The summed E-state index contributed by atoms with van der Waals surface area (Å²) < 4.78 is 1.70. The minimum atomic E-state index is -0.0274. The van der Waals surface area contributed by atoms with Gasteiger partial charge in [0.25, 0.3) is 0 Å². The highest BCUT2D eigenvalue weighted by Gasteiger charge is 2.15. The number of unbranched alkanes of at least 4 members (excludes halogenated alkanes) is 1. The third-order valence-corrected chi connectivity index (χ3v) is 4.32. The van der Waals surface area contributed by atoms with E-state index < -0.39 is 0 Å². The Balaban J connectivity index is 1.94. The van der Waals surface area contributed by atoms with Gasteiger partial charge in [0.2, 0.25) is 5.91 Å². The fourth-order valence-corrected chi connectivity index (χ4v) is 2.96. The molecular formula is C20H24N4O. The number of aromatic nitrogens is 3. The maximum Gasteiger partial charge on any atom is 0.241 e. The number of pyridine rings is 1. The second-order valence-corrected chi connectivity index (χ2v) is 6.37. The summed E-state index contributed by atoms with van der Waals surface area (Å²) in [5, 5.41) is 8.49. The van der Waals surface area contributed by atoms with Crippen molar-refractivity contribution < 1.29 is 4.79 Å². The Labute approximate surface area is 148 Å². The minimum Gasteiger partial charge on any atom is -0.354 e. The molecule has 0 fully saturated rings. The number of rotatable bonds is 6. The van der Waals surface area contributed by atoms with E-state index in [2.05, 4.69) is 53.5 Å². The molecule has 2 heterocycles. The summed E-state index contributed by atoms with van der Waals surface area (Å²) in [6.07, 6.45) is 3.83. The molecule has 1 amide bonds. The van der Waals surface area contributed by atoms with Gasteiger partial charge in [-0.1, -0.05) is 43.2 Å². The van der Waals surface area contributed by atoms with Gasteiger partial charge < -0.3 is 5.32 Å². The lowest BCUT2D eigenvalue weighted by Gasteiger charge is -2.06. The van der Waals surface area contributed by atoms with Crippen LogP contribution in [0.4, 0.5) is 0 Å². The SMILES string of the molecule is CCCCNC(=O)Cn1nc(C)c2c(-c3ccc(C)cc3)ccnc21. The van der Waals surface area contributed by atoms with Crippen molar-refractivity contribution in [3.8, 4) is 11.1 Å². The van der Waals surface area contributed by atoms with Crippen molar-refractivity contribution in [3.05, 3.63) is 47.8 Å². The average Bonchev–Trinajstić information content (AvgIpc) is 2.92. The molecule has 2 aromatic heterocycles. The molecule has 0 unspecified atom stereocenters. The first-order valence-corrected chi connectivity index (χ1v) is 8.76. The number of hydrogen-bond acceptors (Lipinski definition) is 3. The maximum atomic E-state index is 12.1. The number of amides is 1. The number of hydrogen-bond donors (Lipinski definition) is 1. The van der Waals surface area contributed by atoms with Crippen LogP contribution in [0.1, 0.15) is 31.0 Å². The van der Waals surface area contributed by atoms with Crippen molar-refractivity contribution in [2.75, 3.05) is 6.54 Å². The van der Waals surface area contributed by atoms with E-state index in [1.54, 1.807) is 10.9 Å². The Hall–Kier alpha value is -2.69. The molecule has 3 aromatic rings. The fourth-order valence-electron chi connectivity index (χ4n) is 2.96. The Morgan fingerprint density at radius 1 is 1.16 bits per heavy atom. The lowest BCUT2D eigenvalue weighted by Crippen LogP contribution is -2.28. The molecule has 0 bridgehead atoms. The van der Waals surface area contributed by atoms with Gasteiger partial charge in [-0.3, -0.25) is 4.79 Å². The van der Waals surface area contributed by atoms with Crippen LogP contribution in [0.5, 0.6) is 0 Å². The lowest BCUT2D eigenvalue weighted by molar-refractivity contribution is -0.121. The van der Waals surface area contributed by atoms with Crippen LogP contribution in [0.2, 0.25) is 0 Å². The lowest BCUT2D eigenvalue weighted by atomic mass is 10.0. The number of nitrogens with zero attached hydrogens (tertiary/aromatic N) is 3. The molecule has 0 aliphatic rings. The van der Waals surface area contributed by atoms with E-state index in [-0.39, 0.29) is 12.5 Å². The molecule has 0 radical (unpaired) electrons. The van der Waals surface area contributed by atoms with Crippen molar-refractivity contribution in [1.82, 2.24) is 20.1 Å². The zero-order chi connectivity index (χ0) is 17.8. The second-order valence-electron chi connectivity index (χ2n) is 6.37. The van der Waals surface area contributed by atoms with Gasteiger partial charge in [-0.25, -0.2) is 9.67 Å². The van der Waals surface area contributed by atoms with Crippen molar-refractivity contribution in [2.45, 2.75) is 40.2 Å². The normalized spacial score (nSPS) is 11.0. The summed E-state index contributed by atoms with van der Waals surface area (Å²) in [5.41, 5.74) is 5.10. The van der Waals surface area contributed by atoms with Gasteiger partial charge in [0.1, 0.15) is 6.54 Å². The van der Waals surface area contributed by atoms with Gasteiger partial charge in [0, 0.05) is 18.1 Å². The summed E-state index contributed by atoms with van der Waals surface area (Å²) in [4.78, 5) is 16.6. The molecule has 0 spiro atoms. The molecule has 1 aromatic carbocycles. The second kappa shape index (κ2) is 7.47. The van der Waals surface area contributed by atoms with E-state index in [0.29, 0.717) is 6.54 Å². The molecule has 130 valence electrons. The zero-order valence-electron chi connectivity index (χ0n) is 15.0. The molecule has 0 aliphatic heterocycles. The van der Waals surface area contributed by atoms with Gasteiger partial charge in [0.15, 0.2) is 5.65 Å². The zero-order valence-corrected chi connectivity index (χ0v) is 15.0. The summed E-state index contributed by atoms with van der Waals surface area (Å²) >= 11 is 0. The van der Waals surface area contributed by atoms with E-state index >= 15 is 0 Å². The number of carbonyl (C=O) groups excluding carboxylic acids is 1. The fraction of sp³-hybridized carbons (Fsp3) is 0.350. The smallest absolute Gasteiger partial charge is 0.241 e. The highest BCUT2D eigenvalue weighted by molar-refractivity contribution is 5.95. The summed E-state index contributed by atoms with van der Waals surface area (Å²) in [5.74, 6) is -0.0274. The quantitative estimate of drug-likeness (QED) is 0.699. The first kappa shape index (κ1) is 17.1. The molecule has 0 atom stereocenters. The molecule has 0 saturated heterocycles. The number of nitrogens with one attached hydrogen (secondary N) is 1. The van der Waals surface area contributed by atoms with E-state index in [9.17, 15) is 4.79 Å². The molecule has 0 saturated carbocycles.